The lowest BCUT2D eigenvalue weighted by atomic mass is 10.1. The second kappa shape index (κ2) is 6.92. The Hall–Kier alpha value is -2.88. The van der Waals surface area contributed by atoms with Gasteiger partial charge in [-0.2, -0.15) is 0 Å². The monoisotopic (exact) mass is 305 g/mol. The van der Waals surface area contributed by atoms with Crippen LogP contribution >= 0.6 is 0 Å². The van der Waals surface area contributed by atoms with Gasteiger partial charge in [-0.25, -0.2) is 9.97 Å². The van der Waals surface area contributed by atoms with Crippen molar-refractivity contribution in [3.8, 4) is 17.0 Å². The van der Waals surface area contributed by atoms with Crippen molar-refractivity contribution in [2.24, 2.45) is 0 Å². The summed E-state index contributed by atoms with van der Waals surface area (Å²) in [4.78, 5) is 8.89. The molecule has 4 heteroatoms. The van der Waals surface area contributed by atoms with Gasteiger partial charge in [-0.15, -0.1) is 0 Å². The van der Waals surface area contributed by atoms with Crippen LogP contribution in [-0.2, 0) is 0 Å². The van der Waals surface area contributed by atoms with Crippen LogP contribution in [0.2, 0.25) is 0 Å². The number of hydrogen-bond donors (Lipinski definition) is 1. The van der Waals surface area contributed by atoms with Crippen LogP contribution in [0.1, 0.15) is 12.5 Å². The number of ether oxygens (including phenoxy) is 1. The molecule has 3 rings (SSSR count). The molecule has 1 aromatic heterocycles. The van der Waals surface area contributed by atoms with E-state index in [9.17, 15) is 0 Å². The predicted molar refractivity (Wildman–Crippen MR) is 93.1 cm³/mol. The van der Waals surface area contributed by atoms with Crippen LogP contribution in [0.15, 0.2) is 60.8 Å². The van der Waals surface area contributed by atoms with Gasteiger partial charge in [0.1, 0.15) is 5.75 Å². The molecule has 3 aromatic rings. The maximum Gasteiger partial charge on any atom is 0.227 e. The van der Waals surface area contributed by atoms with E-state index in [4.69, 9.17) is 4.74 Å². The number of rotatable bonds is 5. The van der Waals surface area contributed by atoms with Crippen molar-refractivity contribution in [1.29, 1.82) is 0 Å². The maximum atomic E-state index is 5.55. The molecule has 0 unspecified atom stereocenters. The van der Waals surface area contributed by atoms with E-state index in [1.807, 2.05) is 49.4 Å². The molecule has 0 aliphatic rings. The number of hydrogen-bond acceptors (Lipinski definition) is 4. The summed E-state index contributed by atoms with van der Waals surface area (Å²) in [6.07, 6.45) is 1.76. The summed E-state index contributed by atoms with van der Waals surface area (Å²) in [6.45, 7) is 4.68. The molecular formula is C19H19N3O. The molecule has 0 atom stereocenters. The second-order valence-corrected chi connectivity index (χ2v) is 5.22. The number of aryl methyl sites for hydroxylation is 1. The summed E-state index contributed by atoms with van der Waals surface area (Å²) in [6, 6.07) is 17.9. The van der Waals surface area contributed by atoms with Crippen molar-refractivity contribution in [3.63, 3.8) is 0 Å². The lowest BCUT2D eigenvalue weighted by Crippen LogP contribution is -1.98. The molecule has 0 radical (unpaired) electrons. The van der Waals surface area contributed by atoms with Crippen LogP contribution in [0.5, 0.6) is 5.75 Å². The van der Waals surface area contributed by atoms with Crippen LogP contribution in [0.25, 0.3) is 11.3 Å². The highest BCUT2D eigenvalue weighted by Gasteiger charge is 2.04. The fourth-order valence-electron chi connectivity index (χ4n) is 2.34. The zero-order chi connectivity index (χ0) is 16.1. The molecule has 0 saturated carbocycles. The summed E-state index contributed by atoms with van der Waals surface area (Å²) >= 11 is 0. The van der Waals surface area contributed by atoms with Crippen molar-refractivity contribution in [2.45, 2.75) is 13.8 Å². The van der Waals surface area contributed by atoms with Gasteiger partial charge in [0.25, 0.3) is 0 Å². The Morgan fingerprint density at radius 3 is 2.74 bits per heavy atom. The third-order valence-corrected chi connectivity index (χ3v) is 3.37. The normalized spacial score (nSPS) is 10.3. The molecule has 0 amide bonds. The SMILES string of the molecule is CCOc1cccc(-c2ccnc(Nc3cccc(C)c3)n2)c1. The molecule has 116 valence electrons. The first-order valence-corrected chi connectivity index (χ1v) is 7.64. The highest BCUT2D eigenvalue weighted by Crippen LogP contribution is 2.23. The fourth-order valence-corrected chi connectivity index (χ4v) is 2.34. The van der Waals surface area contributed by atoms with Crippen molar-refractivity contribution in [3.05, 3.63) is 66.4 Å². The number of aromatic nitrogens is 2. The molecule has 0 bridgehead atoms. The molecule has 1 heterocycles. The topological polar surface area (TPSA) is 47.0 Å². The van der Waals surface area contributed by atoms with Crippen molar-refractivity contribution < 1.29 is 4.74 Å². The van der Waals surface area contributed by atoms with Gasteiger partial charge in [-0.05, 0) is 49.7 Å². The Morgan fingerprint density at radius 1 is 1.04 bits per heavy atom. The average molecular weight is 305 g/mol. The molecule has 2 aromatic carbocycles. The molecule has 0 spiro atoms. The highest BCUT2D eigenvalue weighted by molar-refractivity contribution is 5.63. The van der Waals surface area contributed by atoms with Crippen LogP contribution in [-0.4, -0.2) is 16.6 Å². The van der Waals surface area contributed by atoms with E-state index in [-0.39, 0.29) is 0 Å². The van der Waals surface area contributed by atoms with Crippen molar-refractivity contribution >= 4 is 11.6 Å². The van der Waals surface area contributed by atoms with Gasteiger partial charge >= 0.3 is 0 Å². The predicted octanol–water partition coefficient (Wildman–Crippen LogP) is 4.59. The van der Waals surface area contributed by atoms with Crippen molar-refractivity contribution in [2.75, 3.05) is 11.9 Å². The smallest absolute Gasteiger partial charge is 0.227 e. The van der Waals surface area contributed by atoms with E-state index < -0.39 is 0 Å². The van der Waals surface area contributed by atoms with E-state index in [0.717, 1.165) is 22.7 Å². The molecule has 4 nitrogen and oxygen atoms in total. The van der Waals surface area contributed by atoms with Crippen LogP contribution in [0, 0.1) is 6.92 Å². The lowest BCUT2D eigenvalue weighted by molar-refractivity contribution is 0.340. The van der Waals surface area contributed by atoms with Crippen LogP contribution < -0.4 is 10.1 Å². The van der Waals surface area contributed by atoms with E-state index in [0.29, 0.717) is 12.6 Å². The van der Waals surface area contributed by atoms with Crippen LogP contribution in [0.3, 0.4) is 0 Å². The van der Waals surface area contributed by atoms with Gasteiger partial charge in [0, 0.05) is 17.4 Å². The first-order chi connectivity index (χ1) is 11.2. The second-order valence-electron chi connectivity index (χ2n) is 5.22. The minimum atomic E-state index is 0.579. The Bertz CT molecular complexity index is 802. The molecule has 0 aliphatic carbocycles. The maximum absolute atomic E-state index is 5.55. The quantitative estimate of drug-likeness (QED) is 0.748. The minimum Gasteiger partial charge on any atom is -0.494 e. The van der Waals surface area contributed by atoms with Gasteiger partial charge in [0.15, 0.2) is 0 Å². The molecule has 1 N–H and O–H groups in total. The fraction of sp³-hybridized carbons (Fsp3) is 0.158. The standard InChI is InChI=1S/C19H19N3O/c1-3-23-17-9-5-7-15(13-17)18-10-11-20-19(22-18)21-16-8-4-6-14(2)12-16/h4-13H,3H2,1-2H3,(H,20,21,22). The molecule has 23 heavy (non-hydrogen) atoms. The first-order valence-electron chi connectivity index (χ1n) is 7.64. The van der Waals surface area contributed by atoms with E-state index in [1.54, 1.807) is 6.20 Å². The Balaban J connectivity index is 1.86. The molecule has 0 fully saturated rings. The largest absolute Gasteiger partial charge is 0.494 e. The summed E-state index contributed by atoms with van der Waals surface area (Å²) in [7, 11) is 0. The molecule has 0 aliphatic heterocycles. The van der Waals surface area contributed by atoms with Crippen molar-refractivity contribution in [1.82, 2.24) is 9.97 Å². The Labute approximate surface area is 136 Å². The summed E-state index contributed by atoms with van der Waals surface area (Å²) in [5.41, 5.74) is 4.03. The third kappa shape index (κ3) is 3.86. The van der Waals surface area contributed by atoms with Gasteiger partial charge in [0.2, 0.25) is 5.95 Å². The number of anilines is 2. The zero-order valence-electron chi connectivity index (χ0n) is 13.3. The first kappa shape index (κ1) is 15.0. The minimum absolute atomic E-state index is 0.579. The Morgan fingerprint density at radius 2 is 1.91 bits per heavy atom. The third-order valence-electron chi connectivity index (χ3n) is 3.37. The number of nitrogens with one attached hydrogen (secondary N) is 1. The number of benzene rings is 2. The van der Waals surface area contributed by atoms with E-state index in [1.165, 1.54) is 5.56 Å². The average Bonchev–Trinajstić information content (AvgIpc) is 2.56. The summed E-state index contributed by atoms with van der Waals surface area (Å²) in [5, 5.41) is 3.24. The molecular weight excluding hydrogens is 286 g/mol. The zero-order valence-corrected chi connectivity index (χ0v) is 13.3. The van der Waals surface area contributed by atoms with Gasteiger partial charge < -0.3 is 10.1 Å². The van der Waals surface area contributed by atoms with Gasteiger partial charge in [-0.1, -0.05) is 24.3 Å². The summed E-state index contributed by atoms with van der Waals surface area (Å²) in [5.74, 6) is 1.42. The van der Waals surface area contributed by atoms with E-state index in [2.05, 4.69) is 34.3 Å². The lowest BCUT2D eigenvalue weighted by Gasteiger charge is -2.08. The van der Waals surface area contributed by atoms with Crippen LogP contribution in [0.4, 0.5) is 11.6 Å². The summed E-state index contributed by atoms with van der Waals surface area (Å²) < 4.78 is 5.55. The highest BCUT2D eigenvalue weighted by atomic mass is 16.5. The van der Waals surface area contributed by atoms with Gasteiger partial charge in [-0.3, -0.25) is 0 Å². The van der Waals surface area contributed by atoms with E-state index >= 15 is 0 Å². The van der Waals surface area contributed by atoms with Gasteiger partial charge in [0.05, 0.1) is 12.3 Å². The Kier molecular flexibility index (Phi) is 4.52. The number of nitrogens with zero attached hydrogens (tertiary/aromatic N) is 2. The molecule has 0 saturated heterocycles.